The Balaban J connectivity index is 1.47. The second-order valence-electron chi connectivity index (χ2n) is 5.58. The molecule has 0 bridgehead atoms. The largest absolute Gasteiger partial charge is 0.340 e. The van der Waals surface area contributed by atoms with Crippen LogP contribution in [-0.4, -0.2) is 28.2 Å². The first-order chi connectivity index (χ1) is 13.5. The zero-order valence-corrected chi connectivity index (χ0v) is 17.4. The average Bonchev–Trinajstić information content (AvgIpc) is 3.35. The third-order valence-corrected chi connectivity index (χ3v) is 7.11. The summed E-state index contributed by atoms with van der Waals surface area (Å²) >= 11 is 4.42. The number of hydrogen-bond donors (Lipinski definition) is 2. The first-order valence-corrected chi connectivity index (χ1v) is 11.1. The highest BCUT2D eigenvalue weighted by atomic mass is 79.9. The average molecular weight is 477 g/mol. The van der Waals surface area contributed by atoms with E-state index < -0.39 is 10.0 Å². The fraction of sp³-hybridized carbons (Fsp3) is 0. The Kier molecular flexibility index (Phi) is 5.11. The Labute approximate surface area is 173 Å². The van der Waals surface area contributed by atoms with Crippen molar-refractivity contribution in [2.75, 3.05) is 10.0 Å². The van der Waals surface area contributed by atoms with Gasteiger partial charge in [-0.15, -0.1) is 11.3 Å². The summed E-state index contributed by atoms with van der Waals surface area (Å²) in [4.78, 5) is 8.37. The van der Waals surface area contributed by atoms with Gasteiger partial charge in [0.05, 0.1) is 3.79 Å². The summed E-state index contributed by atoms with van der Waals surface area (Å²) in [6.45, 7) is 0. The number of anilines is 3. The predicted octanol–water partition coefficient (Wildman–Crippen LogP) is 4.03. The van der Waals surface area contributed by atoms with E-state index in [2.05, 4.69) is 41.0 Å². The van der Waals surface area contributed by atoms with Crippen LogP contribution in [0.15, 0.2) is 75.2 Å². The Bertz CT molecular complexity index is 1190. The van der Waals surface area contributed by atoms with Gasteiger partial charge in [-0.05, 0) is 58.4 Å². The van der Waals surface area contributed by atoms with Crippen LogP contribution in [0.3, 0.4) is 0 Å². The molecule has 0 spiro atoms. The molecule has 0 aliphatic carbocycles. The number of halogens is 1. The van der Waals surface area contributed by atoms with Gasteiger partial charge in [-0.25, -0.2) is 23.1 Å². The van der Waals surface area contributed by atoms with E-state index >= 15 is 0 Å². The number of thiophene rings is 1. The number of hydrogen-bond acceptors (Lipinski definition) is 7. The van der Waals surface area contributed by atoms with Crippen molar-refractivity contribution in [3.63, 3.8) is 0 Å². The molecule has 4 aromatic rings. The third kappa shape index (κ3) is 4.21. The van der Waals surface area contributed by atoms with Crippen LogP contribution in [0.1, 0.15) is 0 Å². The molecule has 11 heteroatoms. The summed E-state index contributed by atoms with van der Waals surface area (Å²) in [5.41, 5.74) is 1.22. The maximum absolute atomic E-state index is 12.4. The van der Waals surface area contributed by atoms with Gasteiger partial charge < -0.3 is 5.32 Å². The highest BCUT2D eigenvalue weighted by Crippen LogP contribution is 2.28. The smallest absolute Gasteiger partial charge is 0.271 e. The molecule has 0 aliphatic heterocycles. The lowest BCUT2D eigenvalue weighted by atomic mass is 10.3. The van der Waals surface area contributed by atoms with Crippen LogP contribution < -0.4 is 10.0 Å². The topological polar surface area (TPSA) is 102 Å². The molecule has 1 aromatic carbocycles. The summed E-state index contributed by atoms with van der Waals surface area (Å²) in [7, 11) is -3.61. The van der Waals surface area contributed by atoms with Gasteiger partial charge in [0, 0.05) is 29.8 Å². The van der Waals surface area contributed by atoms with Gasteiger partial charge in [0.25, 0.3) is 10.0 Å². The number of nitrogens with zero attached hydrogens (tertiary/aromatic N) is 4. The van der Waals surface area contributed by atoms with E-state index in [1.54, 1.807) is 59.5 Å². The molecule has 0 atom stereocenters. The molecule has 0 saturated carbocycles. The quantitative estimate of drug-likeness (QED) is 0.435. The molecule has 8 nitrogen and oxygen atoms in total. The van der Waals surface area contributed by atoms with Crippen LogP contribution in [0.5, 0.6) is 0 Å². The normalized spacial score (nSPS) is 11.3. The number of rotatable bonds is 6. The molecule has 4 rings (SSSR count). The van der Waals surface area contributed by atoms with Gasteiger partial charge in [0.2, 0.25) is 0 Å². The molecule has 3 aromatic heterocycles. The van der Waals surface area contributed by atoms with Gasteiger partial charge in [0.15, 0.2) is 5.82 Å². The number of benzene rings is 1. The van der Waals surface area contributed by atoms with E-state index in [0.29, 0.717) is 17.3 Å². The zero-order chi connectivity index (χ0) is 19.6. The van der Waals surface area contributed by atoms with Crippen molar-refractivity contribution < 1.29 is 8.42 Å². The molecule has 0 radical (unpaired) electrons. The molecule has 3 heterocycles. The Hall–Kier alpha value is -2.76. The summed E-state index contributed by atoms with van der Waals surface area (Å²) in [6, 6.07) is 13.7. The first kappa shape index (κ1) is 18.6. The minimum atomic E-state index is -3.61. The molecule has 0 fully saturated rings. The van der Waals surface area contributed by atoms with E-state index in [1.165, 1.54) is 6.33 Å². The minimum Gasteiger partial charge on any atom is -0.340 e. The lowest BCUT2D eigenvalue weighted by Crippen LogP contribution is -2.11. The third-order valence-electron chi connectivity index (χ3n) is 3.61. The number of aromatic nitrogens is 4. The molecular formula is C17H13BrN6O2S2. The zero-order valence-electron chi connectivity index (χ0n) is 14.2. The maximum Gasteiger partial charge on any atom is 0.271 e. The lowest BCUT2D eigenvalue weighted by molar-refractivity contribution is 0.603. The van der Waals surface area contributed by atoms with Gasteiger partial charge in [-0.1, -0.05) is 0 Å². The highest BCUT2D eigenvalue weighted by Gasteiger charge is 2.16. The van der Waals surface area contributed by atoms with Crippen LogP contribution in [0.2, 0.25) is 0 Å². The molecule has 28 heavy (non-hydrogen) atoms. The van der Waals surface area contributed by atoms with Crippen molar-refractivity contribution in [2.24, 2.45) is 0 Å². The Morgan fingerprint density at radius 3 is 2.50 bits per heavy atom. The predicted molar refractivity (Wildman–Crippen MR) is 112 cm³/mol. The van der Waals surface area contributed by atoms with Crippen LogP contribution in [-0.2, 0) is 10.0 Å². The maximum atomic E-state index is 12.4. The summed E-state index contributed by atoms with van der Waals surface area (Å²) in [5.74, 6) is 1.23. The van der Waals surface area contributed by atoms with Crippen LogP contribution in [0, 0.1) is 0 Å². The van der Waals surface area contributed by atoms with Gasteiger partial charge >= 0.3 is 0 Å². The van der Waals surface area contributed by atoms with E-state index in [1.807, 2.05) is 6.07 Å². The minimum absolute atomic E-state index is 0.244. The molecule has 0 unspecified atom stereocenters. The SMILES string of the molecule is O=S(=O)(Nc1ccc(Nc2cc(-n3cccn3)ncn2)cc1)c1ccc(Br)s1. The van der Waals surface area contributed by atoms with Crippen molar-refractivity contribution >= 4 is 54.5 Å². The van der Waals surface area contributed by atoms with Crippen LogP contribution in [0.4, 0.5) is 17.2 Å². The van der Waals surface area contributed by atoms with Crippen molar-refractivity contribution in [3.05, 3.63) is 71.0 Å². The molecular weight excluding hydrogens is 464 g/mol. The second kappa shape index (κ2) is 7.70. The van der Waals surface area contributed by atoms with Crippen molar-refractivity contribution in [1.82, 2.24) is 19.7 Å². The second-order valence-corrected chi connectivity index (χ2v) is 9.95. The fourth-order valence-electron chi connectivity index (χ4n) is 2.36. The lowest BCUT2D eigenvalue weighted by Gasteiger charge is -2.09. The van der Waals surface area contributed by atoms with Crippen molar-refractivity contribution in [1.29, 1.82) is 0 Å². The monoisotopic (exact) mass is 476 g/mol. The summed E-state index contributed by atoms with van der Waals surface area (Å²) in [6.07, 6.45) is 4.91. The summed E-state index contributed by atoms with van der Waals surface area (Å²) < 4.78 is 30.0. The van der Waals surface area contributed by atoms with E-state index in [-0.39, 0.29) is 4.21 Å². The molecule has 142 valence electrons. The van der Waals surface area contributed by atoms with E-state index in [4.69, 9.17) is 0 Å². The fourth-order valence-corrected chi connectivity index (χ4v) is 5.43. The van der Waals surface area contributed by atoms with Crippen molar-refractivity contribution in [3.8, 4) is 5.82 Å². The van der Waals surface area contributed by atoms with Crippen LogP contribution in [0.25, 0.3) is 5.82 Å². The van der Waals surface area contributed by atoms with Gasteiger partial charge in [-0.3, -0.25) is 4.72 Å². The van der Waals surface area contributed by atoms with Crippen LogP contribution >= 0.6 is 27.3 Å². The number of nitrogens with one attached hydrogen (secondary N) is 2. The molecule has 0 aliphatic rings. The van der Waals surface area contributed by atoms with E-state index in [9.17, 15) is 8.42 Å². The molecule has 2 N–H and O–H groups in total. The molecule has 0 amide bonds. The standard InChI is InChI=1S/C17H13BrN6O2S2/c18-14-6-7-17(27-14)28(25,26)23-13-4-2-12(3-5-13)22-15-10-16(20-11-19-15)24-9-1-8-21-24/h1-11,23H,(H,19,20,22). The van der Waals surface area contributed by atoms with Gasteiger partial charge in [-0.2, -0.15) is 5.10 Å². The first-order valence-electron chi connectivity index (χ1n) is 7.97. The van der Waals surface area contributed by atoms with Crippen molar-refractivity contribution in [2.45, 2.75) is 4.21 Å². The summed E-state index contributed by atoms with van der Waals surface area (Å²) in [5, 5.41) is 7.30. The highest BCUT2D eigenvalue weighted by molar-refractivity contribution is 9.11. The van der Waals surface area contributed by atoms with Gasteiger partial charge in [0.1, 0.15) is 16.4 Å². The molecule has 0 saturated heterocycles. The van der Waals surface area contributed by atoms with E-state index in [0.717, 1.165) is 20.8 Å². The Morgan fingerprint density at radius 1 is 1.04 bits per heavy atom. The Morgan fingerprint density at radius 2 is 1.82 bits per heavy atom. The number of sulfonamides is 1.